The highest BCUT2D eigenvalue weighted by Gasteiger charge is 2.38. The molecule has 0 atom stereocenters. The molecule has 1 aromatic rings. The average molecular weight is 290 g/mol. The van der Waals surface area contributed by atoms with Crippen LogP contribution >= 0.6 is 11.6 Å². The minimum Gasteiger partial charge on any atom is -0.380 e. The maximum absolute atomic E-state index is 14.3. The van der Waals surface area contributed by atoms with Crippen molar-refractivity contribution in [2.24, 2.45) is 5.73 Å². The van der Waals surface area contributed by atoms with Crippen LogP contribution in [0.1, 0.15) is 36.8 Å². The third-order valence-corrected chi connectivity index (χ3v) is 4.40. The largest absolute Gasteiger partial charge is 0.380 e. The zero-order chi connectivity index (χ0) is 14.0. The summed E-state index contributed by atoms with van der Waals surface area (Å²) < 4.78 is 33.2. The molecule has 2 nitrogen and oxygen atoms in total. The molecule has 106 valence electrons. The zero-order valence-corrected chi connectivity index (χ0v) is 11.7. The van der Waals surface area contributed by atoms with Crippen LogP contribution in [0.5, 0.6) is 0 Å². The molecule has 0 amide bonds. The van der Waals surface area contributed by atoms with E-state index >= 15 is 0 Å². The molecule has 0 unspecified atom stereocenters. The topological polar surface area (TPSA) is 35.2 Å². The molecule has 0 heterocycles. The van der Waals surface area contributed by atoms with Gasteiger partial charge in [0.05, 0.1) is 6.61 Å². The summed E-state index contributed by atoms with van der Waals surface area (Å²) in [5.74, 6) is -1.74. The van der Waals surface area contributed by atoms with Gasteiger partial charge in [0, 0.05) is 29.7 Å². The Bertz CT molecular complexity index is 473. The van der Waals surface area contributed by atoms with Crippen LogP contribution in [-0.2, 0) is 16.8 Å². The van der Waals surface area contributed by atoms with E-state index < -0.39 is 17.0 Å². The van der Waals surface area contributed by atoms with Crippen LogP contribution in [0.2, 0.25) is 5.02 Å². The van der Waals surface area contributed by atoms with Gasteiger partial charge in [-0.1, -0.05) is 24.4 Å². The fraction of sp³-hybridized carbons (Fsp3) is 0.571. The van der Waals surface area contributed by atoms with Crippen LogP contribution in [0.15, 0.2) is 6.07 Å². The minimum absolute atomic E-state index is 0.0442. The van der Waals surface area contributed by atoms with E-state index in [9.17, 15) is 8.78 Å². The van der Waals surface area contributed by atoms with Crippen LogP contribution in [0, 0.1) is 11.6 Å². The van der Waals surface area contributed by atoms with Crippen molar-refractivity contribution in [1.29, 1.82) is 0 Å². The van der Waals surface area contributed by atoms with Gasteiger partial charge in [0.15, 0.2) is 11.6 Å². The number of methoxy groups -OCH3 is 1. The lowest BCUT2D eigenvalue weighted by molar-refractivity contribution is 0.180. The highest BCUT2D eigenvalue weighted by molar-refractivity contribution is 6.31. The van der Waals surface area contributed by atoms with Gasteiger partial charge in [-0.3, -0.25) is 0 Å². The van der Waals surface area contributed by atoms with Crippen molar-refractivity contribution >= 4 is 11.6 Å². The predicted molar refractivity (Wildman–Crippen MR) is 71.3 cm³/mol. The highest BCUT2D eigenvalue weighted by Crippen LogP contribution is 2.43. The summed E-state index contributed by atoms with van der Waals surface area (Å²) in [5.41, 5.74) is 5.72. The van der Waals surface area contributed by atoms with E-state index in [0.29, 0.717) is 12.1 Å². The SMILES string of the molecule is COCc1c(Cl)cc(C2(CN)CCCC2)c(F)c1F. The molecule has 1 aliphatic rings. The van der Waals surface area contributed by atoms with E-state index in [1.54, 1.807) is 0 Å². The molecule has 2 rings (SSSR count). The van der Waals surface area contributed by atoms with Crippen LogP contribution in [0.4, 0.5) is 8.78 Å². The highest BCUT2D eigenvalue weighted by atomic mass is 35.5. The Balaban J connectivity index is 2.53. The molecule has 5 heteroatoms. The van der Waals surface area contributed by atoms with Crippen molar-refractivity contribution in [1.82, 2.24) is 0 Å². The number of hydrogen-bond donors (Lipinski definition) is 1. The molecule has 19 heavy (non-hydrogen) atoms. The molecular weight excluding hydrogens is 272 g/mol. The molecule has 1 fully saturated rings. The van der Waals surface area contributed by atoms with Crippen molar-refractivity contribution in [2.75, 3.05) is 13.7 Å². The number of ether oxygens (including phenoxy) is 1. The van der Waals surface area contributed by atoms with Gasteiger partial charge in [-0.25, -0.2) is 8.78 Å². The number of halogens is 3. The zero-order valence-electron chi connectivity index (χ0n) is 10.9. The Morgan fingerprint density at radius 2 is 1.95 bits per heavy atom. The second kappa shape index (κ2) is 5.73. The maximum atomic E-state index is 14.3. The normalized spacial score (nSPS) is 17.9. The summed E-state index contributed by atoms with van der Waals surface area (Å²) in [4.78, 5) is 0. The molecule has 0 spiro atoms. The Hall–Kier alpha value is -0.710. The molecule has 0 aromatic heterocycles. The lowest BCUT2D eigenvalue weighted by Crippen LogP contribution is -2.33. The Kier molecular flexibility index (Phi) is 4.43. The van der Waals surface area contributed by atoms with Gasteiger partial charge in [0.25, 0.3) is 0 Å². The fourth-order valence-corrected chi connectivity index (χ4v) is 3.18. The van der Waals surface area contributed by atoms with Crippen molar-refractivity contribution in [3.8, 4) is 0 Å². The monoisotopic (exact) mass is 289 g/mol. The summed E-state index contributed by atoms with van der Waals surface area (Å²) in [5, 5.41) is 0.204. The summed E-state index contributed by atoms with van der Waals surface area (Å²) in [7, 11) is 1.42. The van der Waals surface area contributed by atoms with E-state index in [1.807, 2.05) is 0 Å². The van der Waals surface area contributed by atoms with Crippen LogP contribution < -0.4 is 5.73 Å². The number of rotatable bonds is 4. The van der Waals surface area contributed by atoms with E-state index in [-0.39, 0.29) is 17.2 Å². The predicted octanol–water partition coefficient (Wildman–Crippen LogP) is 3.54. The second-order valence-corrected chi connectivity index (χ2v) is 5.54. The first kappa shape index (κ1) is 14.7. The Labute approximate surface area is 116 Å². The first-order valence-electron chi connectivity index (χ1n) is 6.41. The van der Waals surface area contributed by atoms with Gasteiger partial charge in [-0.2, -0.15) is 0 Å². The first-order valence-corrected chi connectivity index (χ1v) is 6.79. The third-order valence-electron chi connectivity index (χ3n) is 4.06. The van der Waals surface area contributed by atoms with Gasteiger partial charge in [-0.05, 0) is 24.5 Å². The molecule has 1 saturated carbocycles. The third kappa shape index (κ3) is 2.49. The molecule has 0 aliphatic heterocycles. The van der Waals surface area contributed by atoms with Crippen molar-refractivity contribution in [3.05, 3.63) is 33.9 Å². The molecule has 1 aliphatic carbocycles. The summed E-state index contributed by atoms with van der Waals surface area (Å²) >= 11 is 6.06. The van der Waals surface area contributed by atoms with Crippen molar-refractivity contribution in [2.45, 2.75) is 37.7 Å². The van der Waals surface area contributed by atoms with Crippen LogP contribution in [-0.4, -0.2) is 13.7 Å². The average Bonchev–Trinajstić information content (AvgIpc) is 2.89. The molecule has 1 aromatic carbocycles. The summed E-state index contributed by atoms with van der Waals surface area (Å²) in [6.07, 6.45) is 3.52. The van der Waals surface area contributed by atoms with Crippen molar-refractivity contribution in [3.63, 3.8) is 0 Å². The quantitative estimate of drug-likeness (QED) is 0.861. The smallest absolute Gasteiger partial charge is 0.166 e. The summed E-state index contributed by atoms with van der Waals surface area (Å²) in [6.45, 7) is 0.265. The van der Waals surface area contributed by atoms with E-state index in [2.05, 4.69) is 0 Å². The van der Waals surface area contributed by atoms with E-state index in [0.717, 1.165) is 25.7 Å². The number of hydrogen-bond acceptors (Lipinski definition) is 2. The van der Waals surface area contributed by atoms with Crippen LogP contribution in [0.3, 0.4) is 0 Å². The van der Waals surface area contributed by atoms with E-state index in [4.69, 9.17) is 22.1 Å². The second-order valence-electron chi connectivity index (χ2n) is 5.14. The van der Waals surface area contributed by atoms with Gasteiger partial charge in [-0.15, -0.1) is 0 Å². The minimum atomic E-state index is -0.913. The van der Waals surface area contributed by atoms with Crippen LogP contribution in [0.25, 0.3) is 0 Å². The maximum Gasteiger partial charge on any atom is 0.166 e. The number of nitrogens with two attached hydrogens (primary N) is 1. The Morgan fingerprint density at radius 1 is 1.32 bits per heavy atom. The first-order chi connectivity index (χ1) is 9.05. The molecule has 0 bridgehead atoms. The van der Waals surface area contributed by atoms with E-state index in [1.165, 1.54) is 13.2 Å². The van der Waals surface area contributed by atoms with Gasteiger partial charge in [0.1, 0.15) is 0 Å². The molecule has 0 saturated heterocycles. The lowest BCUT2D eigenvalue weighted by Gasteiger charge is -2.29. The lowest BCUT2D eigenvalue weighted by atomic mass is 9.78. The van der Waals surface area contributed by atoms with Gasteiger partial charge >= 0.3 is 0 Å². The Morgan fingerprint density at radius 3 is 2.47 bits per heavy atom. The number of benzene rings is 1. The van der Waals surface area contributed by atoms with Gasteiger partial charge in [0.2, 0.25) is 0 Å². The summed E-state index contributed by atoms with van der Waals surface area (Å²) in [6, 6.07) is 1.52. The molecule has 2 N–H and O–H groups in total. The fourth-order valence-electron chi connectivity index (χ4n) is 2.93. The van der Waals surface area contributed by atoms with Crippen molar-refractivity contribution < 1.29 is 13.5 Å². The van der Waals surface area contributed by atoms with Gasteiger partial charge < -0.3 is 10.5 Å². The standard InChI is InChI=1S/C14H18ClF2NO/c1-19-7-9-11(15)6-10(13(17)12(9)16)14(8-18)4-2-3-5-14/h6H,2-5,7-8,18H2,1H3. The molecule has 0 radical (unpaired) electrons. The molecular formula is C14H18ClF2NO.